The summed E-state index contributed by atoms with van der Waals surface area (Å²) in [6, 6.07) is -0.513. The van der Waals surface area contributed by atoms with Gasteiger partial charge in [-0.05, 0) is 27.7 Å². The normalized spacial score (nSPS) is 13.4. The van der Waals surface area contributed by atoms with Crippen molar-refractivity contribution in [3.05, 3.63) is 0 Å². The van der Waals surface area contributed by atoms with E-state index in [9.17, 15) is 9.59 Å². The summed E-state index contributed by atoms with van der Waals surface area (Å²) < 4.78 is 0. The van der Waals surface area contributed by atoms with Gasteiger partial charge in [0.05, 0.1) is 6.04 Å². The van der Waals surface area contributed by atoms with Crippen LogP contribution in [0.5, 0.6) is 0 Å². The molecule has 0 spiro atoms. The Hall–Kier alpha value is -1.10. The summed E-state index contributed by atoms with van der Waals surface area (Å²) in [5.74, 6) is -1.17. The number of nitrogens with one attached hydrogen (secondary N) is 2. The maximum atomic E-state index is 11.3. The Labute approximate surface area is 83.9 Å². The van der Waals surface area contributed by atoms with Crippen LogP contribution in [0.25, 0.3) is 0 Å². The molecule has 0 aromatic heterocycles. The standard InChI is InChI=1S/C9H18N2O3/c1-5-10-7(12)6(2)11-9(3,4)8(13)14/h6,11H,5H2,1-4H3,(H,10,12)(H,13,14). The number of carbonyl (C=O) groups is 2. The van der Waals surface area contributed by atoms with E-state index in [4.69, 9.17) is 5.11 Å². The Balaban J connectivity index is 4.24. The summed E-state index contributed by atoms with van der Waals surface area (Å²) in [6.07, 6.45) is 0. The smallest absolute Gasteiger partial charge is 0.323 e. The number of rotatable bonds is 5. The van der Waals surface area contributed by atoms with Crippen LogP contribution in [-0.4, -0.2) is 35.1 Å². The molecule has 0 heterocycles. The molecule has 0 bridgehead atoms. The molecular formula is C9H18N2O3. The topological polar surface area (TPSA) is 78.4 Å². The van der Waals surface area contributed by atoms with Gasteiger partial charge in [0.25, 0.3) is 0 Å². The van der Waals surface area contributed by atoms with Crippen molar-refractivity contribution in [2.24, 2.45) is 0 Å². The van der Waals surface area contributed by atoms with Crippen molar-refractivity contribution in [2.45, 2.75) is 39.3 Å². The van der Waals surface area contributed by atoms with Crippen LogP contribution in [0.4, 0.5) is 0 Å². The van der Waals surface area contributed by atoms with Crippen molar-refractivity contribution in [3.63, 3.8) is 0 Å². The summed E-state index contributed by atoms with van der Waals surface area (Å²) in [7, 11) is 0. The monoisotopic (exact) mass is 202 g/mol. The lowest BCUT2D eigenvalue weighted by atomic mass is 10.0. The van der Waals surface area contributed by atoms with E-state index in [1.807, 2.05) is 6.92 Å². The number of aliphatic carboxylic acids is 1. The van der Waals surface area contributed by atoms with Gasteiger partial charge in [-0.1, -0.05) is 0 Å². The van der Waals surface area contributed by atoms with Crippen molar-refractivity contribution in [3.8, 4) is 0 Å². The van der Waals surface area contributed by atoms with Crippen molar-refractivity contribution in [1.29, 1.82) is 0 Å². The first-order valence-electron chi connectivity index (χ1n) is 4.60. The van der Waals surface area contributed by atoms with Crippen LogP contribution in [0.1, 0.15) is 27.7 Å². The molecular weight excluding hydrogens is 184 g/mol. The summed E-state index contributed by atoms with van der Waals surface area (Å²) in [6.45, 7) is 7.02. The van der Waals surface area contributed by atoms with Gasteiger partial charge in [-0.2, -0.15) is 0 Å². The van der Waals surface area contributed by atoms with E-state index in [2.05, 4.69) is 10.6 Å². The highest BCUT2D eigenvalue weighted by atomic mass is 16.4. The summed E-state index contributed by atoms with van der Waals surface area (Å²) in [5, 5.41) is 14.1. The highest BCUT2D eigenvalue weighted by Crippen LogP contribution is 2.03. The summed E-state index contributed by atoms with van der Waals surface area (Å²) >= 11 is 0. The van der Waals surface area contributed by atoms with Gasteiger partial charge in [-0.25, -0.2) is 0 Å². The van der Waals surface area contributed by atoms with E-state index in [1.165, 1.54) is 13.8 Å². The third kappa shape index (κ3) is 3.74. The minimum atomic E-state index is -1.09. The molecule has 1 unspecified atom stereocenters. The Kier molecular flexibility index (Phi) is 4.56. The first-order valence-corrected chi connectivity index (χ1v) is 4.60. The number of hydrogen-bond acceptors (Lipinski definition) is 3. The molecule has 0 saturated heterocycles. The van der Waals surface area contributed by atoms with Crippen molar-refractivity contribution < 1.29 is 14.7 Å². The third-order valence-electron chi connectivity index (χ3n) is 1.86. The van der Waals surface area contributed by atoms with Crippen LogP contribution in [0, 0.1) is 0 Å². The van der Waals surface area contributed by atoms with E-state index >= 15 is 0 Å². The van der Waals surface area contributed by atoms with E-state index in [0.29, 0.717) is 6.54 Å². The fraction of sp³-hybridized carbons (Fsp3) is 0.778. The zero-order valence-corrected chi connectivity index (χ0v) is 9.05. The van der Waals surface area contributed by atoms with E-state index < -0.39 is 17.6 Å². The third-order valence-corrected chi connectivity index (χ3v) is 1.86. The van der Waals surface area contributed by atoms with Gasteiger partial charge >= 0.3 is 5.97 Å². The maximum absolute atomic E-state index is 11.3. The van der Waals surface area contributed by atoms with Crippen LogP contribution in [0.2, 0.25) is 0 Å². The van der Waals surface area contributed by atoms with E-state index in [0.717, 1.165) is 0 Å². The minimum Gasteiger partial charge on any atom is -0.480 e. The molecule has 0 aromatic rings. The minimum absolute atomic E-state index is 0.193. The average molecular weight is 202 g/mol. The first-order chi connectivity index (χ1) is 6.31. The molecule has 0 fully saturated rings. The highest BCUT2D eigenvalue weighted by Gasteiger charge is 2.30. The Morgan fingerprint density at radius 2 is 1.93 bits per heavy atom. The largest absolute Gasteiger partial charge is 0.480 e. The number of likely N-dealkylation sites (N-methyl/N-ethyl adjacent to an activating group) is 1. The average Bonchev–Trinajstić information content (AvgIpc) is 2.03. The van der Waals surface area contributed by atoms with Gasteiger partial charge in [0, 0.05) is 6.54 Å². The lowest BCUT2D eigenvalue weighted by Gasteiger charge is -2.25. The van der Waals surface area contributed by atoms with Crippen LogP contribution in [0.15, 0.2) is 0 Å². The van der Waals surface area contributed by atoms with Gasteiger partial charge in [-0.3, -0.25) is 14.9 Å². The van der Waals surface area contributed by atoms with Crippen molar-refractivity contribution in [1.82, 2.24) is 10.6 Å². The van der Waals surface area contributed by atoms with Crippen molar-refractivity contribution in [2.75, 3.05) is 6.54 Å². The number of carbonyl (C=O) groups excluding carboxylic acids is 1. The second-order valence-corrected chi connectivity index (χ2v) is 3.69. The van der Waals surface area contributed by atoms with Crippen LogP contribution < -0.4 is 10.6 Å². The fourth-order valence-corrected chi connectivity index (χ4v) is 0.996. The molecule has 82 valence electrons. The van der Waals surface area contributed by atoms with Gasteiger partial charge in [0.15, 0.2) is 0 Å². The first kappa shape index (κ1) is 12.9. The molecule has 0 saturated carbocycles. The van der Waals surface area contributed by atoms with Gasteiger partial charge < -0.3 is 10.4 Å². The molecule has 1 atom stereocenters. The van der Waals surface area contributed by atoms with Gasteiger partial charge in [0.1, 0.15) is 5.54 Å². The molecule has 0 aromatic carbocycles. The molecule has 14 heavy (non-hydrogen) atoms. The molecule has 5 nitrogen and oxygen atoms in total. The lowest BCUT2D eigenvalue weighted by molar-refractivity contribution is -0.144. The van der Waals surface area contributed by atoms with E-state index in [1.54, 1.807) is 6.92 Å². The van der Waals surface area contributed by atoms with Crippen LogP contribution in [-0.2, 0) is 9.59 Å². The van der Waals surface area contributed by atoms with Gasteiger partial charge in [-0.15, -0.1) is 0 Å². The van der Waals surface area contributed by atoms with Gasteiger partial charge in [0.2, 0.25) is 5.91 Å². The molecule has 0 aliphatic rings. The fourth-order valence-electron chi connectivity index (χ4n) is 0.996. The molecule has 0 aliphatic heterocycles. The summed E-state index contributed by atoms with van der Waals surface area (Å²) in [4.78, 5) is 22.0. The number of amides is 1. The molecule has 5 heteroatoms. The number of carboxylic acid groups (broad SMARTS) is 1. The van der Waals surface area contributed by atoms with E-state index in [-0.39, 0.29) is 5.91 Å². The Bertz CT molecular complexity index is 226. The van der Waals surface area contributed by atoms with Crippen LogP contribution in [0.3, 0.4) is 0 Å². The Morgan fingerprint density at radius 1 is 1.43 bits per heavy atom. The predicted octanol–water partition coefficient (Wildman–Crippen LogP) is -0.0362. The molecule has 1 amide bonds. The lowest BCUT2D eigenvalue weighted by Crippen LogP contribution is -2.55. The maximum Gasteiger partial charge on any atom is 0.323 e. The van der Waals surface area contributed by atoms with Crippen LogP contribution >= 0.6 is 0 Å². The molecule has 0 radical (unpaired) electrons. The quantitative estimate of drug-likeness (QED) is 0.584. The summed E-state index contributed by atoms with van der Waals surface area (Å²) in [5.41, 5.74) is -1.09. The van der Waals surface area contributed by atoms with Crippen molar-refractivity contribution >= 4 is 11.9 Å². The zero-order chi connectivity index (χ0) is 11.4. The highest BCUT2D eigenvalue weighted by molar-refractivity contribution is 5.83. The zero-order valence-electron chi connectivity index (χ0n) is 9.05. The second-order valence-electron chi connectivity index (χ2n) is 3.69. The molecule has 3 N–H and O–H groups in total. The Morgan fingerprint density at radius 3 is 2.29 bits per heavy atom. The predicted molar refractivity (Wildman–Crippen MR) is 53.0 cm³/mol. The molecule has 0 rings (SSSR count). The second kappa shape index (κ2) is 4.95. The SMILES string of the molecule is CCNC(=O)C(C)NC(C)(C)C(=O)O. The number of carboxylic acids is 1. The molecule has 0 aliphatic carbocycles. The number of hydrogen-bond donors (Lipinski definition) is 3.